The summed E-state index contributed by atoms with van der Waals surface area (Å²) in [6.45, 7) is 2.12. The van der Waals surface area contributed by atoms with Gasteiger partial charge in [-0.05, 0) is 66.9 Å². The molecule has 37 heavy (non-hydrogen) atoms. The molecule has 8 heteroatoms. The summed E-state index contributed by atoms with van der Waals surface area (Å²) in [5, 5.41) is 0. The summed E-state index contributed by atoms with van der Waals surface area (Å²) in [7, 11) is 1.60. The van der Waals surface area contributed by atoms with Gasteiger partial charge < -0.3 is 23.4 Å². The number of hydrogen-bond donors (Lipinski definition) is 0. The van der Waals surface area contributed by atoms with E-state index >= 15 is 0 Å². The first-order chi connectivity index (χ1) is 17.9. The number of carbonyl (C=O) groups excluding carboxylic acids is 3. The van der Waals surface area contributed by atoms with Gasteiger partial charge in [0.1, 0.15) is 24.1 Å². The zero-order valence-electron chi connectivity index (χ0n) is 20.8. The van der Waals surface area contributed by atoms with E-state index in [9.17, 15) is 14.4 Å². The van der Waals surface area contributed by atoms with Crippen LogP contribution in [0.15, 0.2) is 53.4 Å². The van der Waals surface area contributed by atoms with Crippen molar-refractivity contribution in [2.45, 2.75) is 50.9 Å². The van der Waals surface area contributed by atoms with Gasteiger partial charge in [-0.15, -0.1) is 0 Å². The van der Waals surface area contributed by atoms with E-state index < -0.39 is 29.5 Å². The van der Waals surface area contributed by atoms with Crippen molar-refractivity contribution in [1.82, 2.24) is 0 Å². The lowest BCUT2D eigenvalue weighted by Gasteiger charge is -2.57. The number of furan rings is 1. The van der Waals surface area contributed by atoms with Gasteiger partial charge >= 0.3 is 17.9 Å². The van der Waals surface area contributed by atoms with Gasteiger partial charge in [-0.3, -0.25) is 9.59 Å². The summed E-state index contributed by atoms with van der Waals surface area (Å²) < 4.78 is 27.9. The zero-order chi connectivity index (χ0) is 25.7. The number of fused-ring (bicyclic) bond motifs is 6. The van der Waals surface area contributed by atoms with Crippen LogP contribution in [-0.4, -0.2) is 37.2 Å². The van der Waals surface area contributed by atoms with Crippen molar-refractivity contribution < 1.29 is 37.7 Å². The summed E-state index contributed by atoms with van der Waals surface area (Å²) >= 11 is 0. The second-order valence-corrected chi connectivity index (χ2v) is 10.9. The molecule has 2 aromatic rings. The summed E-state index contributed by atoms with van der Waals surface area (Å²) in [6, 6.07) is 9.13. The fourth-order valence-electron chi connectivity index (χ4n) is 7.16. The third-order valence-electron chi connectivity index (χ3n) is 8.97. The SMILES string of the molecule is COc1ccc(C=CC(=O)OC2CC3C(=O)OC(c4ccoc4)C[C@@]3(C)C3CC4CC(C(=O)O4)C23)cc1. The smallest absolute Gasteiger partial charge is 0.331 e. The minimum atomic E-state index is -0.578. The molecule has 8 nitrogen and oxygen atoms in total. The van der Waals surface area contributed by atoms with Gasteiger partial charge in [0.2, 0.25) is 0 Å². The summed E-state index contributed by atoms with van der Waals surface area (Å²) in [4.78, 5) is 39.1. The minimum absolute atomic E-state index is 0.0212. The van der Waals surface area contributed by atoms with Gasteiger partial charge in [-0.25, -0.2) is 4.79 Å². The molecule has 2 aliphatic carbocycles. The summed E-state index contributed by atoms with van der Waals surface area (Å²) in [6.07, 6.45) is 7.33. The van der Waals surface area contributed by atoms with Crippen LogP contribution in [-0.2, 0) is 28.6 Å². The van der Waals surface area contributed by atoms with Crippen LogP contribution in [0, 0.1) is 29.1 Å². The fourth-order valence-corrected chi connectivity index (χ4v) is 7.16. The highest BCUT2D eigenvalue weighted by Crippen LogP contribution is 2.62. The Labute approximate surface area is 214 Å². The van der Waals surface area contributed by atoms with Crippen LogP contribution in [0.3, 0.4) is 0 Å². The largest absolute Gasteiger partial charge is 0.497 e. The number of cyclic esters (lactones) is 1. The highest BCUT2D eigenvalue weighted by atomic mass is 16.6. The Morgan fingerprint density at radius 3 is 2.59 bits per heavy atom. The van der Waals surface area contributed by atoms with E-state index in [1.807, 2.05) is 30.3 Å². The molecule has 0 amide bonds. The van der Waals surface area contributed by atoms with Crippen LogP contribution in [0.1, 0.15) is 49.8 Å². The van der Waals surface area contributed by atoms with Crippen molar-refractivity contribution in [2.75, 3.05) is 7.11 Å². The number of hydrogen-bond acceptors (Lipinski definition) is 8. The third-order valence-corrected chi connectivity index (χ3v) is 8.97. The molecular weight excluding hydrogens is 476 g/mol. The molecular formula is C29H30O8. The normalized spacial score (nSPS) is 36.3. The number of rotatable bonds is 5. The van der Waals surface area contributed by atoms with E-state index in [4.69, 9.17) is 23.4 Å². The van der Waals surface area contributed by atoms with Crippen molar-refractivity contribution >= 4 is 24.0 Å². The van der Waals surface area contributed by atoms with Crippen LogP contribution >= 0.6 is 0 Å². The molecule has 4 aliphatic rings. The highest BCUT2D eigenvalue weighted by Gasteiger charge is 2.65. The number of esters is 3. The van der Waals surface area contributed by atoms with E-state index in [0.29, 0.717) is 25.7 Å². The topological polar surface area (TPSA) is 101 Å². The van der Waals surface area contributed by atoms with E-state index in [1.165, 1.54) is 6.08 Å². The van der Waals surface area contributed by atoms with Gasteiger partial charge in [0.05, 0.1) is 31.5 Å². The van der Waals surface area contributed by atoms with Gasteiger partial charge in [0, 0.05) is 17.6 Å². The van der Waals surface area contributed by atoms with Crippen molar-refractivity contribution in [3.05, 3.63) is 60.1 Å². The predicted octanol–water partition coefficient (Wildman–Crippen LogP) is 4.50. The monoisotopic (exact) mass is 506 g/mol. The molecule has 6 rings (SSSR count). The molecule has 0 radical (unpaired) electrons. The Hall–Kier alpha value is -3.55. The zero-order valence-corrected chi connectivity index (χ0v) is 20.8. The second kappa shape index (κ2) is 9.08. The molecule has 2 bridgehead atoms. The highest BCUT2D eigenvalue weighted by molar-refractivity contribution is 5.87. The third kappa shape index (κ3) is 4.12. The lowest BCUT2D eigenvalue weighted by atomic mass is 9.48. The van der Waals surface area contributed by atoms with Crippen LogP contribution < -0.4 is 4.74 Å². The van der Waals surface area contributed by atoms with Gasteiger partial charge in [0.25, 0.3) is 0 Å². The van der Waals surface area contributed by atoms with E-state index in [1.54, 1.807) is 25.7 Å². The number of benzene rings is 1. The lowest BCUT2D eigenvalue weighted by Crippen LogP contribution is -2.59. The number of methoxy groups -OCH3 is 1. The Kier molecular flexibility index (Phi) is 5.85. The van der Waals surface area contributed by atoms with Crippen LogP contribution in [0.4, 0.5) is 0 Å². The molecule has 8 atom stereocenters. The van der Waals surface area contributed by atoms with Gasteiger partial charge in [-0.1, -0.05) is 19.1 Å². The van der Waals surface area contributed by atoms with Crippen LogP contribution in [0.5, 0.6) is 5.75 Å². The molecule has 3 heterocycles. The first kappa shape index (κ1) is 23.8. The van der Waals surface area contributed by atoms with Crippen molar-refractivity contribution in [1.29, 1.82) is 0 Å². The van der Waals surface area contributed by atoms with Crippen LogP contribution in [0.25, 0.3) is 6.08 Å². The molecule has 7 unspecified atom stereocenters. The lowest BCUT2D eigenvalue weighted by molar-refractivity contribution is -0.207. The Morgan fingerprint density at radius 1 is 1.05 bits per heavy atom. The molecule has 1 aromatic carbocycles. The van der Waals surface area contributed by atoms with Crippen molar-refractivity contribution in [2.24, 2.45) is 29.1 Å². The van der Waals surface area contributed by atoms with E-state index in [0.717, 1.165) is 16.9 Å². The summed E-state index contributed by atoms with van der Waals surface area (Å²) in [5.41, 5.74) is 1.23. The first-order valence-corrected chi connectivity index (χ1v) is 12.8. The fraction of sp³-hybridized carbons (Fsp3) is 0.483. The molecule has 4 fully saturated rings. The molecule has 2 saturated carbocycles. The molecule has 2 aliphatic heterocycles. The second-order valence-electron chi connectivity index (χ2n) is 10.9. The van der Waals surface area contributed by atoms with Crippen LogP contribution in [0.2, 0.25) is 0 Å². The molecule has 0 spiro atoms. The molecule has 194 valence electrons. The maximum absolute atomic E-state index is 13.3. The first-order valence-electron chi connectivity index (χ1n) is 12.8. The average molecular weight is 507 g/mol. The van der Waals surface area contributed by atoms with Gasteiger partial charge in [-0.2, -0.15) is 0 Å². The quantitative estimate of drug-likeness (QED) is 0.332. The molecule has 0 N–H and O–H groups in total. The Morgan fingerprint density at radius 2 is 1.86 bits per heavy atom. The average Bonchev–Trinajstić information content (AvgIpc) is 3.52. The van der Waals surface area contributed by atoms with Crippen molar-refractivity contribution in [3.8, 4) is 5.75 Å². The maximum atomic E-state index is 13.3. The number of ether oxygens (including phenoxy) is 4. The Balaban J connectivity index is 1.26. The van der Waals surface area contributed by atoms with E-state index in [-0.39, 0.29) is 35.8 Å². The van der Waals surface area contributed by atoms with E-state index in [2.05, 4.69) is 6.92 Å². The predicted molar refractivity (Wildman–Crippen MR) is 130 cm³/mol. The molecule has 2 saturated heterocycles. The van der Waals surface area contributed by atoms with Crippen molar-refractivity contribution in [3.63, 3.8) is 0 Å². The minimum Gasteiger partial charge on any atom is -0.497 e. The van der Waals surface area contributed by atoms with Gasteiger partial charge in [0.15, 0.2) is 0 Å². The maximum Gasteiger partial charge on any atom is 0.331 e. The molecule has 1 aromatic heterocycles. The summed E-state index contributed by atoms with van der Waals surface area (Å²) in [5.74, 6) is -1.30. The number of carbonyl (C=O) groups is 3. The Bertz CT molecular complexity index is 1220. The standard InChI is InChI=1S/C29H30O8/c1-29-14-24(17-9-10-34-15-17)37-28(32)22(29)13-23(26-20-11-19(12-21(26)29)35-27(20)31)36-25(30)8-5-16-3-6-18(33-2)7-4-16/h3-10,15,19-24,26H,11-14H2,1-2H3/t19?,20?,21?,22?,23?,24?,26?,29-/m0/s1.